The van der Waals surface area contributed by atoms with Crippen molar-refractivity contribution in [3.8, 4) is 0 Å². The molecule has 6 heteroatoms. The van der Waals surface area contributed by atoms with Crippen molar-refractivity contribution in [3.63, 3.8) is 0 Å². The molecule has 0 atom stereocenters. The van der Waals surface area contributed by atoms with Gasteiger partial charge in [-0.3, -0.25) is 0 Å². The summed E-state index contributed by atoms with van der Waals surface area (Å²) in [6.45, 7) is 0.862. The topological polar surface area (TPSA) is 54.3 Å². The van der Waals surface area contributed by atoms with Crippen LogP contribution < -0.4 is 4.90 Å². The van der Waals surface area contributed by atoms with E-state index in [4.69, 9.17) is 16.3 Å². The second-order valence-corrected chi connectivity index (χ2v) is 6.96. The van der Waals surface area contributed by atoms with E-state index in [2.05, 4.69) is 10.2 Å². The van der Waals surface area contributed by atoms with Crippen LogP contribution in [0.3, 0.4) is 0 Å². The Labute approximate surface area is 181 Å². The van der Waals surface area contributed by atoms with Gasteiger partial charge in [0.1, 0.15) is 6.61 Å². The molecular formula is C24H22ClN3O2. The largest absolute Gasteiger partial charge is 0.461 e. The van der Waals surface area contributed by atoms with Gasteiger partial charge in [0, 0.05) is 23.8 Å². The predicted octanol–water partition coefficient (Wildman–Crippen LogP) is 6.45. The normalized spacial score (nSPS) is 11.1. The summed E-state index contributed by atoms with van der Waals surface area (Å²) in [5.41, 5.74) is 3.47. The highest BCUT2D eigenvalue weighted by atomic mass is 35.5. The summed E-state index contributed by atoms with van der Waals surface area (Å²) in [7, 11) is 1.94. The minimum Gasteiger partial charge on any atom is -0.461 e. The van der Waals surface area contributed by atoms with Gasteiger partial charge in [0.05, 0.1) is 17.9 Å². The number of halogens is 1. The molecule has 3 aromatic rings. The summed E-state index contributed by atoms with van der Waals surface area (Å²) in [5, 5.41) is 9.10. The number of anilines is 1. The van der Waals surface area contributed by atoms with Crippen LogP contribution in [0.1, 0.15) is 5.56 Å². The molecule has 30 heavy (non-hydrogen) atoms. The SMILES string of the molecule is CN(CCOC(=O)C=Cc1ccc(Cl)cc1)c1ccc(N=Nc2ccccc2)cc1. The molecule has 0 spiro atoms. The first-order chi connectivity index (χ1) is 14.6. The van der Waals surface area contributed by atoms with Crippen LogP contribution in [-0.2, 0) is 9.53 Å². The van der Waals surface area contributed by atoms with Crippen LogP contribution in [-0.4, -0.2) is 26.2 Å². The highest BCUT2D eigenvalue weighted by molar-refractivity contribution is 6.30. The molecule has 0 aliphatic carbocycles. The van der Waals surface area contributed by atoms with Gasteiger partial charge in [0.2, 0.25) is 0 Å². The molecule has 5 nitrogen and oxygen atoms in total. The van der Waals surface area contributed by atoms with Gasteiger partial charge in [-0.05, 0) is 60.2 Å². The maximum atomic E-state index is 11.9. The van der Waals surface area contributed by atoms with Crippen molar-refractivity contribution < 1.29 is 9.53 Å². The maximum absolute atomic E-state index is 11.9. The maximum Gasteiger partial charge on any atom is 0.330 e. The minimum absolute atomic E-state index is 0.287. The van der Waals surface area contributed by atoms with E-state index in [1.165, 1.54) is 6.08 Å². The molecule has 0 aromatic heterocycles. The summed E-state index contributed by atoms with van der Waals surface area (Å²) in [4.78, 5) is 13.9. The standard InChI is InChI=1S/C24H22ClN3O2/c1-28(17-18-30-24(29)16-9-19-7-10-20(25)11-8-19)23-14-12-22(13-15-23)27-26-21-5-3-2-4-6-21/h2-16H,17-18H2,1H3. The van der Waals surface area contributed by atoms with Gasteiger partial charge in [-0.1, -0.05) is 41.9 Å². The number of hydrogen-bond acceptors (Lipinski definition) is 5. The molecule has 0 amide bonds. The minimum atomic E-state index is -0.380. The van der Waals surface area contributed by atoms with Crippen molar-refractivity contribution in [2.45, 2.75) is 0 Å². The number of likely N-dealkylation sites (N-methyl/N-ethyl adjacent to an activating group) is 1. The summed E-state index contributed by atoms with van der Waals surface area (Å²) in [6.07, 6.45) is 3.11. The van der Waals surface area contributed by atoms with Crippen LogP contribution in [0, 0.1) is 0 Å². The highest BCUT2D eigenvalue weighted by Crippen LogP contribution is 2.21. The Bertz CT molecular complexity index is 1000. The quantitative estimate of drug-likeness (QED) is 0.239. The number of esters is 1. The molecule has 0 bridgehead atoms. The number of carbonyl (C=O) groups is 1. The molecule has 0 fully saturated rings. The van der Waals surface area contributed by atoms with E-state index in [0.717, 1.165) is 22.6 Å². The van der Waals surface area contributed by atoms with Crippen molar-refractivity contribution in [2.75, 3.05) is 25.1 Å². The zero-order valence-electron chi connectivity index (χ0n) is 16.6. The number of carbonyl (C=O) groups excluding carboxylic acids is 1. The van der Waals surface area contributed by atoms with Gasteiger partial charge in [-0.25, -0.2) is 4.79 Å². The Morgan fingerprint density at radius 1 is 0.933 bits per heavy atom. The number of azo groups is 1. The lowest BCUT2D eigenvalue weighted by atomic mass is 10.2. The van der Waals surface area contributed by atoms with Crippen molar-refractivity contribution in [1.82, 2.24) is 0 Å². The van der Waals surface area contributed by atoms with Gasteiger partial charge in [-0.2, -0.15) is 10.2 Å². The first-order valence-electron chi connectivity index (χ1n) is 9.48. The summed E-state index contributed by atoms with van der Waals surface area (Å²) < 4.78 is 5.26. The number of nitrogens with zero attached hydrogens (tertiary/aromatic N) is 3. The van der Waals surface area contributed by atoms with Crippen molar-refractivity contribution in [1.29, 1.82) is 0 Å². The second kappa shape index (κ2) is 10.9. The van der Waals surface area contributed by atoms with Crippen LogP contribution in [0.25, 0.3) is 6.08 Å². The first-order valence-corrected chi connectivity index (χ1v) is 9.86. The van der Waals surface area contributed by atoms with Crippen molar-refractivity contribution in [3.05, 3.63) is 95.5 Å². The number of hydrogen-bond donors (Lipinski definition) is 0. The third-order valence-electron chi connectivity index (χ3n) is 4.28. The zero-order chi connectivity index (χ0) is 21.2. The smallest absolute Gasteiger partial charge is 0.330 e. The number of ether oxygens (including phenoxy) is 1. The van der Waals surface area contributed by atoms with E-state index in [9.17, 15) is 4.79 Å². The van der Waals surface area contributed by atoms with Crippen LogP contribution in [0.5, 0.6) is 0 Å². The van der Waals surface area contributed by atoms with Gasteiger partial charge in [0.15, 0.2) is 0 Å². The molecule has 3 aromatic carbocycles. The van der Waals surface area contributed by atoms with E-state index in [0.29, 0.717) is 11.6 Å². The van der Waals surface area contributed by atoms with E-state index in [-0.39, 0.29) is 12.6 Å². The van der Waals surface area contributed by atoms with Crippen LogP contribution >= 0.6 is 11.6 Å². The van der Waals surface area contributed by atoms with Gasteiger partial charge in [0.25, 0.3) is 0 Å². The van der Waals surface area contributed by atoms with E-state index >= 15 is 0 Å². The second-order valence-electron chi connectivity index (χ2n) is 6.53. The monoisotopic (exact) mass is 419 g/mol. The molecule has 0 aliphatic heterocycles. The molecule has 0 heterocycles. The molecule has 0 radical (unpaired) electrons. The van der Waals surface area contributed by atoms with Gasteiger partial charge in [-0.15, -0.1) is 0 Å². The molecule has 0 unspecified atom stereocenters. The first kappa shape index (κ1) is 21.3. The zero-order valence-corrected chi connectivity index (χ0v) is 17.4. The fraction of sp³-hybridized carbons (Fsp3) is 0.125. The molecule has 0 N–H and O–H groups in total. The molecule has 152 valence electrons. The molecule has 0 saturated heterocycles. The lowest BCUT2D eigenvalue weighted by Gasteiger charge is -2.18. The summed E-state index contributed by atoms with van der Waals surface area (Å²) in [6, 6.07) is 24.5. The van der Waals surface area contributed by atoms with E-state index in [1.807, 2.05) is 78.7 Å². The Morgan fingerprint density at radius 3 is 2.23 bits per heavy atom. The lowest BCUT2D eigenvalue weighted by Crippen LogP contribution is -2.23. The molecule has 0 aliphatic rings. The average Bonchev–Trinajstić information content (AvgIpc) is 2.78. The van der Waals surface area contributed by atoms with E-state index < -0.39 is 0 Å². The fourth-order valence-corrected chi connectivity index (χ4v) is 2.71. The fourth-order valence-electron chi connectivity index (χ4n) is 2.58. The molecular weight excluding hydrogens is 398 g/mol. The Balaban J connectivity index is 1.44. The van der Waals surface area contributed by atoms with E-state index in [1.54, 1.807) is 18.2 Å². The third-order valence-corrected chi connectivity index (χ3v) is 4.53. The molecule has 0 saturated carbocycles. The molecule has 3 rings (SSSR count). The van der Waals surface area contributed by atoms with Crippen molar-refractivity contribution >= 4 is 40.7 Å². The highest BCUT2D eigenvalue weighted by Gasteiger charge is 2.03. The number of rotatable bonds is 8. The summed E-state index contributed by atoms with van der Waals surface area (Å²) in [5.74, 6) is -0.380. The summed E-state index contributed by atoms with van der Waals surface area (Å²) >= 11 is 5.84. The van der Waals surface area contributed by atoms with Crippen LogP contribution in [0.15, 0.2) is 95.2 Å². The Morgan fingerprint density at radius 2 is 1.57 bits per heavy atom. The Hall–Kier alpha value is -3.44. The van der Waals surface area contributed by atoms with Crippen molar-refractivity contribution in [2.24, 2.45) is 10.2 Å². The van der Waals surface area contributed by atoms with Gasteiger partial charge >= 0.3 is 5.97 Å². The van der Waals surface area contributed by atoms with Crippen LogP contribution in [0.2, 0.25) is 5.02 Å². The number of benzene rings is 3. The predicted molar refractivity (Wildman–Crippen MR) is 122 cm³/mol. The third kappa shape index (κ3) is 6.87. The van der Waals surface area contributed by atoms with Crippen LogP contribution in [0.4, 0.5) is 17.1 Å². The lowest BCUT2D eigenvalue weighted by molar-refractivity contribution is -0.137. The Kier molecular flexibility index (Phi) is 7.75. The van der Waals surface area contributed by atoms with Gasteiger partial charge < -0.3 is 9.64 Å². The average molecular weight is 420 g/mol.